The Morgan fingerprint density at radius 2 is 1.35 bits per heavy atom. The van der Waals surface area contributed by atoms with Gasteiger partial charge in [-0.1, -0.05) is 44.9 Å². The SMILES string of the molecule is CO[Si](=CC1CCCCCC1)OC=CC1CCCCC1. The highest BCUT2D eigenvalue weighted by atomic mass is 28.3. The normalized spacial score (nSPS) is 23.8. The van der Waals surface area contributed by atoms with E-state index in [2.05, 4.69) is 11.7 Å². The first-order valence-electron chi connectivity index (χ1n) is 8.47. The van der Waals surface area contributed by atoms with E-state index in [0.717, 1.165) is 11.8 Å². The molecule has 0 unspecified atom stereocenters. The quantitative estimate of drug-likeness (QED) is 0.419. The van der Waals surface area contributed by atoms with Gasteiger partial charge in [-0.05, 0) is 49.3 Å². The third-order valence-electron chi connectivity index (χ3n) is 4.66. The Hall–Kier alpha value is -0.573. The van der Waals surface area contributed by atoms with Crippen molar-refractivity contribution in [2.45, 2.75) is 70.6 Å². The molecule has 2 nitrogen and oxygen atoms in total. The van der Waals surface area contributed by atoms with Crippen molar-refractivity contribution in [3.05, 3.63) is 12.3 Å². The van der Waals surface area contributed by atoms with E-state index in [-0.39, 0.29) is 0 Å². The Morgan fingerprint density at radius 3 is 1.95 bits per heavy atom. The first kappa shape index (κ1) is 15.8. The smallest absolute Gasteiger partial charge is 0.480 e. The molecule has 0 aromatic heterocycles. The Bertz CT molecular complexity index is 311. The molecule has 114 valence electrons. The van der Waals surface area contributed by atoms with Crippen LogP contribution in [0, 0.1) is 11.8 Å². The van der Waals surface area contributed by atoms with Gasteiger partial charge in [0, 0.05) is 0 Å². The second-order valence-corrected chi connectivity index (χ2v) is 7.90. The Balaban J connectivity index is 1.79. The van der Waals surface area contributed by atoms with E-state index >= 15 is 0 Å². The summed E-state index contributed by atoms with van der Waals surface area (Å²) >= 11 is 0. The zero-order valence-electron chi connectivity index (χ0n) is 13.0. The van der Waals surface area contributed by atoms with Crippen LogP contribution in [0.25, 0.3) is 0 Å². The molecule has 0 heterocycles. The van der Waals surface area contributed by atoms with E-state index in [1.165, 1.54) is 70.6 Å². The van der Waals surface area contributed by atoms with Crippen LogP contribution in [0.2, 0.25) is 0 Å². The summed E-state index contributed by atoms with van der Waals surface area (Å²) in [5.74, 6) is 1.45. The molecule has 0 atom stereocenters. The lowest BCUT2D eigenvalue weighted by Gasteiger charge is -2.17. The summed E-state index contributed by atoms with van der Waals surface area (Å²) in [4.78, 5) is 0. The van der Waals surface area contributed by atoms with Gasteiger partial charge in [-0.3, -0.25) is 0 Å². The van der Waals surface area contributed by atoms with Crippen molar-refractivity contribution in [3.63, 3.8) is 0 Å². The molecule has 0 aliphatic heterocycles. The minimum Gasteiger partial charge on any atom is -0.526 e. The Morgan fingerprint density at radius 1 is 0.800 bits per heavy atom. The van der Waals surface area contributed by atoms with Crippen LogP contribution >= 0.6 is 0 Å². The van der Waals surface area contributed by atoms with Gasteiger partial charge in [-0.2, -0.15) is 0 Å². The molecule has 0 aromatic rings. The van der Waals surface area contributed by atoms with Crippen LogP contribution in [0.5, 0.6) is 0 Å². The fraction of sp³-hybridized carbons (Fsp3) is 0.824. The molecular formula is C17H30O2Si. The minimum atomic E-state index is -1.21. The topological polar surface area (TPSA) is 18.5 Å². The maximum Gasteiger partial charge on any atom is 0.480 e. The molecule has 20 heavy (non-hydrogen) atoms. The second-order valence-electron chi connectivity index (χ2n) is 6.29. The maximum atomic E-state index is 5.88. The van der Waals surface area contributed by atoms with Gasteiger partial charge in [0.2, 0.25) is 0 Å². The summed E-state index contributed by atoms with van der Waals surface area (Å²) in [6, 6.07) is 0. The first-order chi connectivity index (χ1) is 9.88. The molecule has 0 radical (unpaired) electrons. The van der Waals surface area contributed by atoms with E-state index in [0.29, 0.717) is 0 Å². The van der Waals surface area contributed by atoms with Crippen molar-refractivity contribution in [1.82, 2.24) is 0 Å². The maximum absolute atomic E-state index is 5.88. The summed E-state index contributed by atoms with van der Waals surface area (Å²) < 4.78 is 11.4. The van der Waals surface area contributed by atoms with Crippen LogP contribution in [0.15, 0.2) is 12.3 Å². The minimum absolute atomic E-state index is 0.717. The van der Waals surface area contributed by atoms with Crippen LogP contribution in [-0.2, 0) is 8.85 Å². The Labute approximate surface area is 126 Å². The lowest BCUT2D eigenvalue weighted by molar-refractivity contribution is 0.326. The van der Waals surface area contributed by atoms with Gasteiger partial charge in [0.05, 0.1) is 13.4 Å². The van der Waals surface area contributed by atoms with Gasteiger partial charge in [-0.25, -0.2) is 0 Å². The van der Waals surface area contributed by atoms with Crippen LogP contribution < -0.4 is 0 Å². The van der Waals surface area contributed by atoms with Gasteiger partial charge in [0.25, 0.3) is 0 Å². The molecule has 0 spiro atoms. The number of hydrogen-bond donors (Lipinski definition) is 0. The molecular weight excluding hydrogens is 264 g/mol. The van der Waals surface area contributed by atoms with E-state index in [4.69, 9.17) is 8.85 Å². The fourth-order valence-corrected chi connectivity index (χ4v) is 4.61. The van der Waals surface area contributed by atoms with Crippen molar-refractivity contribution < 1.29 is 8.85 Å². The van der Waals surface area contributed by atoms with Crippen molar-refractivity contribution >= 4 is 14.6 Å². The van der Waals surface area contributed by atoms with E-state index in [1.54, 1.807) is 7.11 Å². The van der Waals surface area contributed by atoms with Crippen molar-refractivity contribution in [1.29, 1.82) is 0 Å². The molecule has 2 fully saturated rings. The van der Waals surface area contributed by atoms with E-state index < -0.39 is 8.90 Å². The monoisotopic (exact) mass is 294 g/mol. The molecule has 0 saturated heterocycles. The first-order valence-corrected chi connectivity index (χ1v) is 9.87. The second kappa shape index (κ2) is 9.38. The predicted octanol–water partition coefficient (Wildman–Crippen LogP) is 4.59. The predicted molar refractivity (Wildman–Crippen MR) is 86.8 cm³/mol. The zero-order valence-corrected chi connectivity index (χ0v) is 14.0. The molecule has 2 saturated carbocycles. The highest BCUT2D eigenvalue weighted by Gasteiger charge is 2.14. The number of rotatable bonds is 5. The summed E-state index contributed by atoms with van der Waals surface area (Å²) in [7, 11) is 0.577. The molecule has 2 aliphatic carbocycles. The fourth-order valence-electron chi connectivity index (χ4n) is 3.37. The lowest BCUT2D eigenvalue weighted by Crippen LogP contribution is -2.17. The zero-order chi connectivity index (χ0) is 14.0. The highest BCUT2D eigenvalue weighted by molar-refractivity contribution is 6.54. The van der Waals surface area contributed by atoms with Crippen LogP contribution in [-0.4, -0.2) is 21.7 Å². The van der Waals surface area contributed by atoms with Gasteiger partial charge in [0.15, 0.2) is 0 Å². The van der Waals surface area contributed by atoms with Crippen molar-refractivity contribution in [2.24, 2.45) is 11.8 Å². The van der Waals surface area contributed by atoms with E-state index in [1.807, 2.05) is 6.26 Å². The summed E-state index contributed by atoms with van der Waals surface area (Å²) in [6.45, 7) is 0. The van der Waals surface area contributed by atoms with Gasteiger partial charge in [0.1, 0.15) is 0 Å². The van der Waals surface area contributed by atoms with Gasteiger partial charge in [-0.15, -0.1) is 0 Å². The van der Waals surface area contributed by atoms with Gasteiger partial charge < -0.3 is 8.85 Å². The van der Waals surface area contributed by atoms with Crippen LogP contribution in [0.3, 0.4) is 0 Å². The molecule has 0 bridgehead atoms. The Kier molecular flexibility index (Phi) is 7.41. The van der Waals surface area contributed by atoms with E-state index in [9.17, 15) is 0 Å². The summed E-state index contributed by atoms with van der Waals surface area (Å²) in [5.41, 5.74) is 2.38. The molecule has 0 amide bonds. The standard InChI is InChI=1S/C17H30O2Si/c1-18-20(15-17-11-5-2-3-6-12-17)19-14-13-16-9-7-4-8-10-16/h13-17H,2-12H2,1H3. The van der Waals surface area contributed by atoms with Crippen LogP contribution in [0.1, 0.15) is 70.6 Å². The van der Waals surface area contributed by atoms with Gasteiger partial charge >= 0.3 is 8.90 Å². The summed E-state index contributed by atoms with van der Waals surface area (Å²) in [5, 5.41) is 0. The lowest BCUT2D eigenvalue weighted by atomic mass is 9.89. The third kappa shape index (κ3) is 5.82. The molecule has 3 heteroatoms. The average molecular weight is 295 g/mol. The molecule has 0 N–H and O–H groups in total. The largest absolute Gasteiger partial charge is 0.526 e. The van der Waals surface area contributed by atoms with Crippen molar-refractivity contribution in [3.8, 4) is 0 Å². The number of allylic oxidation sites excluding steroid dienone is 1. The highest BCUT2D eigenvalue weighted by Crippen LogP contribution is 2.24. The summed E-state index contributed by atoms with van der Waals surface area (Å²) in [6.07, 6.45) is 19.2. The van der Waals surface area contributed by atoms with Crippen LogP contribution in [0.4, 0.5) is 0 Å². The molecule has 2 aliphatic rings. The third-order valence-corrected chi connectivity index (χ3v) is 6.17. The van der Waals surface area contributed by atoms with Crippen molar-refractivity contribution in [2.75, 3.05) is 7.11 Å². The molecule has 2 rings (SSSR count). The number of hydrogen-bond acceptors (Lipinski definition) is 2. The molecule has 0 aromatic carbocycles. The average Bonchev–Trinajstić information content (AvgIpc) is 2.76.